The van der Waals surface area contributed by atoms with Crippen molar-refractivity contribution in [2.45, 2.75) is 13.8 Å². The van der Waals surface area contributed by atoms with Crippen LogP contribution < -0.4 is 0 Å². The molecule has 0 heterocycles. The van der Waals surface area contributed by atoms with E-state index in [1.165, 1.54) is 0 Å². The standard InChI is InChI=1S/C5H8N2O2/c1-3(2)4(7-6)5(8)9/h3H,1-2H3,(H,8,9). The van der Waals surface area contributed by atoms with Crippen LogP contribution >= 0.6 is 0 Å². The number of carboxylic acid groups (broad SMARTS) is 1. The zero-order valence-electron chi connectivity index (χ0n) is 5.33. The van der Waals surface area contributed by atoms with Gasteiger partial charge in [0.05, 0.1) is 5.92 Å². The molecule has 50 valence electrons. The second kappa shape index (κ2) is 2.99. The molecule has 0 aliphatic rings. The first-order valence-corrected chi connectivity index (χ1v) is 2.54. The van der Waals surface area contributed by atoms with Crippen LogP contribution in [0.1, 0.15) is 13.8 Å². The van der Waals surface area contributed by atoms with E-state index in [9.17, 15) is 4.79 Å². The van der Waals surface area contributed by atoms with Crippen LogP contribution in [0.4, 0.5) is 0 Å². The summed E-state index contributed by atoms with van der Waals surface area (Å²) in [5, 5.41) is 8.25. The highest BCUT2D eigenvalue weighted by molar-refractivity contribution is 6.33. The van der Waals surface area contributed by atoms with Gasteiger partial charge in [-0.2, -0.15) is 4.79 Å². The zero-order valence-corrected chi connectivity index (χ0v) is 5.33. The minimum atomic E-state index is -1.17. The number of carboxylic acids is 1. The molecule has 0 aromatic rings. The highest BCUT2D eigenvalue weighted by atomic mass is 16.4. The predicted molar refractivity (Wildman–Crippen MR) is 31.1 cm³/mol. The Balaban J connectivity index is 4.38. The smallest absolute Gasteiger partial charge is 0.414 e. The minimum absolute atomic E-state index is 0.213. The minimum Gasteiger partial charge on any atom is -0.473 e. The monoisotopic (exact) mass is 128 g/mol. The molecule has 0 spiro atoms. The summed E-state index contributed by atoms with van der Waals surface area (Å²) in [5.41, 5.74) is 7.86. The molecule has 9 heavy (non-hydrogen) atoms. The number of rotatable bonds is 2. The Morgan fingerprint density at radius 3 is 2.11 bits per heavy atom. The first-order valence-electron chi connectivity index (χ1n) is 2.54. The van der Waals surface area contributed by atoms with E-state index in [1.807, 2.05) is 0 Å². The second-order valence-corrected chi connectivity index (χ2v) is 1.95. The Kier molecular flexibility index (Phi) is 2.61. The van der Waals surface area contributed by atoms with Crippen molar-refractivity contribution in [1.82, 2.24) is 0 Å². The molecule has 0 saturated carbocycles. The van der Waals surface area contributed by atoms with E-state index in [2.05, 4.69) is 4.79 Å². The van der Waals surface area contributed by atoms with Gasteiger partial charge in [-0.05, 0) is 0 Å². The molecule has 0 unspecified atom stereocenters. The van der Waals surface area contributed by atoms with Gasteiger partial charge in [0.15, 0.2) is 0 Å². The molecule has 0 aliphatic carbocycles. The van der Waals surface area contributed by atoms with Gasteiger partial charge in [0.2, 0.25) is 0 Å². The zero-order chi connectivity index (χ0) is 7.44. The quantitative estimate of drug-likeness (QED) is 0.332. The largest absolute Gasteiger partial charge is 0.473 e. The third-order valence-electron chi connectivity index (χ3n) is 0.874. The summed E-state index contributed by atoms with van der Waals surface area (Å²) in [6.07, 6.45) is 0. The van der Waals surface area contributed by atoms with Crippen LogP contribution in [0.5, 0.6) is 0 Å². The van der Waals surface area contributed by atoms with Crippen molar-refractivity contribution in [3.63, 3.8) is 0 Å². The van der Waals surface area contributed by atoms with Crippen molar-refractivity contribution < 1.29 is 14.7 Å². The van der Waals surface area contributed by atoms with Crippen molar-refractivity contribution in [3.8, 4) is 0 Å². The van der Waals surface area contributed by atoms with Gasteiger partial charge in [-0.25, -0.2) is 4.79 Å². The number of hydrogen-bond acceptors (Lipinski definition) is 1. The molecular formula is C5H8N2O2. The lowest BCUT2D eigenvalue weighted by atomic mass is 10.1. The van der Waals surface area contributed by atoms with Crippen molar-refractivity contribution in [1.29, 1.82) is 0 Å². The molecule has 0 aliphatic heterocycles. The molecule has 0 aromatic heterocycles. The molecule has 1 N–H and O–H groups in total. The van der Waals surface area contributed by atoms with Crippen LogP contribution in [0.2, 0.25) is 0 Å². The third-order valence-corrected chi connectivity index (χ3v) is 0.874. The van der Waals surface area contributed by atoms with E-state index in [-0.39, 0.29) is 11.6 Å². The van der Waals surface area contributed by atoms with Gasteiger partial charge in [-0.15, -0.1) is 0 Å². The topological polar surface area (TPSA) is 73.7 Å². The summed E-state index contributed by atoms with van der Waals surface area (Å²) in [6, 6.07) is 0. The summed E-state index contributed by atoms with van der Waals surface area (Å²) in [7, 11) is 0. The first kappa shape index (κ1) is 7.85. The van der Waals surface area contributed by atoms with Crippen LogP contribution in [0.3, 0.4) is 0 Å². The molecular weight excluding hydrogens is 120 g/mol. The summed E-state index contributed by atoms with van der Waals surface area (Å²) in [4.78, 5) is 12.7. The maximum Gasteiger partial charge on any atom is 0.414 e. The van der Waals surface area contributed by atoms with Gasteiger partial charge in [-0.3, -0.25) is 0 Å². The maximum atomic E-state index is 10.1. The summed E-state index contributed by atoms with van der Waals surface area (Å²) >= 11 is 0. The molecule has 0 amide bonds. The van der Waals surface area contributed by atoms with Crippen molar-refractivity contribution in [2.24, 2.45) is 5.92 Å². The normalized spacial score (nSPS) is 8.78. The summed E-state index contributed by atoms with van der Waals surface area (Å²) < 4.78 is 0. The Morgan fingerprint density at radius 2 is 2.11 bits per heavy atom. The van der Waals surface area contributed by atoms with Gasteiger partial charge in [0.1, 0.15) is 0 Å². The van der Waals surface area contributed by atoms with Crippen LogP contribution in [0, 0.1) is 5.92 Å². The van der Waals surface area contributed by atoms with Gasteiger partial charge < -0.3 is 10.6 Å². The van der Waals surface area contributed by atoms with Gasteiger partial charge in [0.25, 0.3) is 0 Å². The number of aliphatic carboxylic acids is 1. The fourth-order valence-electron chi connectivity index (χ4n) is 0.405. The van der Waals surface area contributed by atoms with Gasteiger partial charge >= 0.3 is 11.7 Å². The Hall–Kier alpha value is -1.15. The average Bonchev–Trinajstić information content (AvgIpc) is 1.64. The second-order valence-electron chi connectivity index (χ2n) is 1.95. The molecule has 4 nitrogen and oxygen atoms in total. The van der Waals surface area contributed by atoms with E-state index in [0.29, 0.717) is 0 Å². The fraction of sp³-hybridized carbons (Fsp3) is 0.600. The highest BCUT2D eigenvalue weighted by Gasteiger charge is 2.22. The SMILES string of the molecule is CC(C)C(=[N+]=[N-])C(=O)O. The summed E-state index contributed by atoms with van der Waals surface area (Å²) in [6.45, 7) is 3.28. The lowest BCUT2D eigenvalue weighted by Crippen LogP contribution is -2.19. The fourth-order valence-corrected chi connectivity index (χ4v) is 0.405. The van der Waals surface area contributed by atoms with Gasteiger partial charge in [-0.1, -0.05) is 13.8 Å². The maximum absolute atomic E-state index is 10.1. The average molecular weight is 128 g/mol. The first-order chi connectivity index (χ1) is 4.09. The Labute approximate surface area is 52.7 Å². The molecule has 0 aromatic carbocycles. The lowest BCUT2D eigenvalue weighted by Gasteiger charge is -1.89. The van der Waals surface area contributed by atoms with E-state index < -0.39 is 5.97 Å². The number of carbonyl (C=O) groups is 1. The molecule has 0 bridgehead atoms. The van der Waals surface area contributed by atoms with Crippen LogP contribution in [0.15, 0.2) is 0 Å². The van der Waals surface area contributed by atoms with E-state index in [0.717, 1.165) is 0 Å². The number of hydrogen-bond donors (Lipinski definition) is 1. The van der Waals surface area contributed by atoms with Crippen molar-refractivity contribution >= 4 is 11.7 Å². The predicted octanol–water partition coefficient (Wildman–Crippen LogP) is 0.398. The Bertz CT molecular complexity index is 168. The highest BCUT2D eigenvalue weighted by Crippen LogP contribution is 1.92. The lowest BCUT2D eigenvalue weighted by molar-refractivity contribution is -0.134. The summed E-state index contributed by atoms with van der Waals surface area (Å²) in [5.74, 6) is -1.42. The molecule has 4 heteroatoms. The van der Waals surface area contributed by atoms with Crippen LogP contribution in [0.25, 0.3) is 5.53 Å². The molecule has 0 rings (SSSR count). The van der Waals surface area contributed by atoms with Crippen LogP contribution in [-0.4, -0.2) is 21.6 Å². The molecule has 0 fully saturated rings. The number of nitrogens with zero attached hydrogens (tertiary/aromatic N) is 2. The van der Waals surface area contributed by atoms with Crippen molar-refractivity contribution in [3.05, 3.63) is 5.53 Å². The Morgan fingerprint density at radius 1 is 1.67 bits per heavy atom. The molecule has 0 saturated heterocycles. The molecule has 0 radical (unpaired) electrons. The van der Waals surface area contributed by atoms with Crippen molar-refractivity contribution in [2.75, 3.05) is 0 Å². The molecule has 0 atom stereocenters. The van der Waals surface area contributed by atoms with E-state index in [1.54, 1.807) is 13.8 Å². The third kappa shape index (κ3) is 2.06. The van der Waals surface area contributed by atoms with E-state index in [4.69, 9.17) is 10.6 Å². The van der Waals surface area contributed by atoms with Gasteiger partial charge in [0, 0.05) is 0 Å². The van der Waals surface area contributed by atoms with Crippen LogP contribution in [-0.2, 0) is 4.79 Å². The van der Waals surface area contributed by atoms with E-state index >= 15 is 0 Å².